The van der Waals surface area contributed by atoms with E-state index in [1.807, 2.05) is 21.1 Å². The quantitative estimate of drug-likeness (QED) is 0.717. The fourth-order valence-corrected chi connectivity index (χ4v) is 2.52. The Hall–Kier alpha value is -1.08. The van der Waals surface area contributed by atoms with Crippen LogP contribution in [0.1, 0.15) is 38.5 Å². The molecule has 0 unspecified atom stereocenters. The molecule has 0 bridgehead atoms. The number of rotatable bonds is 4. The summed E-state index contributed by atoms with van der Waals surface area (Å²) in [7, 11) is 5.80. The highest BCUT2D eigenvalue weighted by Crippen LogP contribution is 2.35. The Morgan fingerprint density at radius 2 is 1.67 bits per heavy atom. The van der Waals surface area contributed by atoms with Gasteiger partial charge in [0, 0.05) is 20.1 Å². The lowest BCUT2D eigenvalue weighted by molar-refractivity contribution is -0.138. The molecule has 1 saturated carbocycles. The number of nitrogens with zero attached hydrogens (tertiary/aromatic N) is 3. The van der Waals surface area contributed by atoms with Crippen LogP contribution in [-0.2, 0) is 4.79 Å². The fourth-order valence-electron chi connectivity index (χ4n) is 2.52. The van der Waals surface area contributed by atoms with Gasteiger partial charge in [-0.05, 0) is 26.9 Å². The zero-order valence-electron chi connectivity index (χ0n) is 11.9. The predicted octanol–water partition coefficient (Wildman–Crippen LogP) is 1.87. The van der Waals surface area contributed by atoms with E-state index in [2.05, 4.69) is 11.0 Å². The summed E-state index contributed by atoms with van der Waals surface area (Å²) in [4.78, 5) is 16.3. The summed E-state index contributed by atoms with van der Waals surface area (Å²) in [6.07, 6.45) is 5.77. The molecule has 1 fully saturated rings. The second-order valence-corrected chi connectivity index (χ2v) is 5.64. The van der Waals surface area contributed by atoms with Crippen molar-refractivity contribution in [1.82, 2.24) is 9.80 Å². The summed E-state index contributed by atoms with van der Waals surface area (Å²) in [5, 5.41) is 9.46. The van der Waals surface area contributed by atoms with Crippen LogP contribution in [0, 0.1) is 16.7 Å². The van der Waals surface area contributed by atoms with Gasteiger partial charge in [-0.3, -0.25) is 4.79 Å². The molecule has 1 amide bonds. The molecule has 4 heteroatoms. The Morgan fingerprint density at radius 1 is 1.11 bits per heavy atom. The minimum Gasteiger partial charge on any atom is -0.343 e. The second kappa shape index (κ2) is 6.75. The van der Waals surface area contributed by atoms with E-state index in [0.717, 1.165) is 45.1 Å². The van der Waals surface area contributed by atoms with Crippen molar-refractivity contribution in [2.24, 2.45) is 5.41 Å². The number of hydrogen-bond acceptors (Lipinski definition) is 3. The first kappa shape index (κ1) is 15.0. The number of hydrogen-bond donors (Lipinski definition) is 0. The summed E-state index contributed by atoms with van der Waals surface area (Å²) in [6, 6.07) is 2.32. The molecular formula is C14H25N3O. The van der Waals surface area contributed by atoms with Gasteiger partial charge in [-0.2, -0.15) is 5.26 Å². The third-order valence-electron chi connectivity index (χ3n) is 3.81. The van der Waals surface area contributed by atoms with E-state index in [1.54, 1.807) is 4.90 Å². The van der Waals surface area contributed by atoms with Gasteiger partial charge in [-0.1, -0.05) is 25.7 Å². The highest BCUT2D eigenvalue weighted by atomic mass is 16.2. The maximum atomic E-state index is 12.5. The molecule has 0 aromatic carbocycles. The first-order valence-electron chi connectivity index (χ1n) is 6.83. The number of likely N-dealkylation sites (N-methyl/N-ethyl adjacent to an activating group) is 2. The van der Waals surface area contributed by atoms with Crippen LogP contribution < -0.4 is 0 Å². The third kappa shape index (κ3) is 3.71. The molecule has 0 N–H and O–H groups in total. The molecule has 1 aliphatic rings. The Kier molecular flexibility index (Phi) is 5.61. The van der Waals surface area contributed by atoms with Crippen LogP contribution in [0.2, 0.25) is 0 Å². The maximum absolute atomic E-state index is 12.5. The molecule has 0 aromatic rings. The van der Waals surface area contributed by atoms with Gasteiger partial charge in [0.15, 0.2) is 0 Å². The van der Waals surface area contributed by atoms with Gasteiger partial charge in [-0.15, -0.1) is 0 Å². The zero-order valence-corrected chi connectivity index (χ0v) is 11.9. The van der Waals surface area contributed by atoms with Gasteiger partial charge in [0.1, 0.15) is 5.41 Å². The highest BCUT2D eigenvalue weighted by Gasteiger charge is 2.40. The lowest BCUT2D eigenvalue weighted by atomic mass is 9.80. The van der Waals surface area contributed by atoms with E-state index < -0.39 is 5.41 Å². The molecule has 0 atom stereocenters. The SMILES string of the molecule is CN(C)CCN(C)C(=O)C1(C#N)CCCCCC1. The molecule has 0 heterocycles. The molecule has 1 aliphatic carbocycles. The van der Waals surface area contributed by atoms with Crippen LogP contribution in [0.3, 0.4) is 0 Å². The van der Waals surface area contributed by atoms with Gasteiger partial charge >= 0.3 is 0 Å². The van der Waals surface area contributed by atoms with Crippen LogP contribution in [0.4, 0.5) is 0 Å². The van der Waals surface area contributed by atoms with E-state index in [4.69, 9.17) is 0 Å². The summed E-state index contributed by atoms with van der Waals surface area (Å²) in [6.45, 7) is 1.53. The Balaban J connectivity index is 2.68. The summed E-state index contributed by atoms with van der Waals surface area (Å²) in [5.41, 5.74) is -0.752. The summed E-state index contributed by atoms with van der Waals surface area (Å²) < 4.78 is 0. The predicted molar refractivity (Wildman–Crippen MR) is 71.9 cm³/mol. The van der Waals surface area contributed by atoms with Crippen LogP contribution in [0.5, 0.6) is 0 Å². The van der Waals surface area contributed by atoms with Crippen molar-refractivity contribution >= 4 is 5.91 Å². The summed E-state index contributed by atoms with van der Waals surface area (Å²) >= 11 is 0. The van der Waals surface area contributed by atoms with Crippen molar-refractivity contribution in [1.29, 1.82) is 5.26 Å². The highest BCUT2D eigenvalue weighted by molar-refractivity contribution is 5.85. The maximum Gasteiger partial charge on any atom is 0.242 e. The minimum atomic E-state index is -0.752. The van der Waals surface area contributed by atoms with Crippen molar-refractivity contribution in [3.63, 3.8) is 0 Å². The van der Waals surface area contributed by atoms with Crippen molar-refractivity contribution in [2.75, 3.05) is 34.2 Å². The number of nitriles is 1. The van der Waals surface area contributed by atoms with E-state index in [9.17, 15) is 10.1 Å². The molecule has 4 nitrogen and oxygen atoms in total. The van der Waals surface area contributed by atoms with Crippen molar-refractivity contribution in [3.05, 3.63) is 0 Å². The number of amides is 1. The van der Waals surface area contributed by atoms with Crippen molar-refractivity contribution in [3.8, 4) is 6.07 Å². The standard InChI is InChI=1S/C14H25N3O/c1-16(2)10-11-17(3)13(18)14(12-15)8-6-4-5-7-9-14/h4-11H2,1-3H3. The average molecular weight is 251 g/mol. The molecule has 1 rings (SSSR count). The van der Waals surface area contributed by atoms with Crippen LogP contribution in [-0.4, -0.2) is 49.9 Å². The molecular weight excluding hydrogens is 226 g/mol. The molecule has 0 saturated heterocycles. The molecule has 0 radical (unpaired) electrons. The fraction of sp³-hybridized carbons (Fsp3) is 0.857. The smallest absolute Gasteiger partial charge is 0.242 e. The number of carbonyl (C=O) groups excluding carboxylic acids is 1. The molecule has 0 aliphatic heterocycles. The Morgan fingerprint density at radius 3 is 2.11 bits per heavy atom. The Bertz CT molecular complexity index is 311. The first-order valence-corrected chi connectivity index (χ1v) is 6.83. The van der Waals surface area contributed by atoms with Gasteiger partial charge < -0.3 is 9.80 Å². The second-order valence-electron chi connectivity index (χ2n) is 5.64. The summed E-state index contributed by atoms with van der Waals surface area (Å²) in [5.74, 6) is 0.0220. The van der Waals surface area contributed by atoms with E-state index >= 15 is 0 Å². The first-order chi connectivity index (χ1) is 8.52. The largest absolute Gasteiger partial charge is 0.343 e. The molecule has 0 aromatic heterocycles. The van der Waals surface area contributed by atoms with Crippen molar-refractivity contribution in [2.45, 2.75) is 38.5 Å². The normalized spacial score (nSPS) is 19.1. The van der Waals surface area contributed by atoms with E-state index in [0.29, 0.717) is 6.54 Å². The lowest BCUT2D eigenvalue weighted by Gasteiger charge is -2.30. The van der Waals surface area contributed by atoms with Crippen LogP contribution in [0.15, 0.2) is 0 Å². The van der Waals surface area contributed by atoms with Gasteiger partial charge in [-0.25, -0.2) is 0 Å². The van der Waals surface area contributed by atoms with Crippen LogP contribution in [0.25, 0.3) is 0 Å². The monoisotopic (exact) mass is 251 g/mol. The lowest BCUT2D eigenvalue weighted by Crippen LogP contribution is -2.43. The van der Waals surface area contributed by atoms with Gasteiger partial charge in [0.05, 0.1) is 6.07 Å². The van der Waals surface area contributed by atoms with Gasteiger partial charge in [0.2, 0.25) is 5.91 Å². The minimum absolute atomic E-state index is 0.0220. The zero-order chi connectivity index (χ0) is 13.6. The third-order valence-corrected chi connectivity index (χ3v) is 3.81. The Labute approximate surface area is 111 Å². The van der Waals surface area contributed by atoms with Crippen LogP contribution >= 0.6 is 0 Å². The van der Waals surface area contributed by atoms with Crippen molar-refractivity contribution < 1.29 is 4.79 Å². The van der Waals surface area contributed by atoms with E-state index in [-0.39, 0.29) is 5.91 Å². The molecule has 18 heavy (non-hydrogen) atoms. The average Bonchev–Trinajstić information content (AvgIpc) is 2.61. The molecule has 102 valence electrons. The van der Waals surface area contributed by atoms with E-state index in [1.165, 1.54) is 0 Å². The topological polar surface area (TPSA) is 47.3 Å². The van der Waals surface area contributed by atoms with Gasteiger partial charge in [0.25, 0.3) is 0 Å². The molecule has 0 spiro atoms. The number of carbonyl (C=O) groups is 1.